The van der Waals surface area contributed by atoms with Crippen LogP contribution in [-0.2, 0) is 12.8 Å². The van der Waals surface area contributed by atoms with Crippen LogP contribution in [0.25, 0.3) is 0 Å². The van der Waals surface area contributed by atoms with Crippen molar-refractivity contribution in [2.24, 2.45) is 7.05 Å². The smallest absolute Gasteiger partial charge is 0.254 e. The van der Waals surface area contributed by atoms with Gasteiger partial charge >= 0.3 is 0 Å². The highest BCUT2D eigenvalue weighted by molar-refractivity contribution is 7.98. The molecule has 0 aliphatic carbocycles. The molecule has 1 heterocycles. The van der Waals surface area contributed by atoms with Crippen molar-refractivity contribution in [3.63, 3.8) is 0 Å². The third-order valence-electron chi connectivity index (χ3n) is 2.71. The zero-order valence-corrected chi connectivity index (χ0v) is 11.2. The van der Waals surface area contributed by atoms with E-state index >= 15 is 0 Å². The van der Waals surface area contributed by atoms with Crippen LogP contribution in [0.15, 0.2) is 46.2 Å². The minimum Gasteiger partial charge on any atom is -0.508 e. The Morgan fingerprint density at radius 3 is 2.56 bits per heavy atom. The molecule has 0 bridgehead atoms. The van der Waals surface area contributed by atoms with E-state index in [1.165, 1.54) is 29.0 Å². The van der Waals surface area contributed by atoms with Crippen LogP contribution in [0.4, 0.5) is 0 Å². The van der Waals surface area contributed by atoms with E-state index in [0.717, 1.165) is 10.8 Å². The molecule has 0 saturated heterocycles. The predicted molar refractivity (Wildman–Crippen MR) is 74.1 cm³/mol. The summed E-state index contributed by atoms with van der Waals surface area (Å²) in [4.78, 5) is 11.5. The van der Waals surface area contributed by atoms with Crippen LogP contribution < -0.4 is 5.56 Å². The highest BCUT2D eigenvalue weighted by atomic mass is 32.2. The minimum atomic E-state index is -0.193. The maximum Gasteiger partial charge on any atom is 0.254 e. The molecular weight excluding hydrogens is 246 g/mol. The molecule has 94 valence electrons. The second-order valence-electron chi connectivity index (χ2n) is 4.22. The van der Waals surface area contributed by atoms with Gasteiger partial charge < -0.3 is 9.67 Å². The van der Waals surface area contributed by atoms with Gasteiger partial charge in [0, 0.05) is 24.9 Å². The molecule has 0 radical (unpaired) electrons. The number of hydrogen-bond acceptors (Lipinski definition) is 3. The van der Waals surface area contributed by atoms with Crippen LogP contribution in [0.3, 0.4) is 0 Å². The van der Waals surface area contributed by atoms with E-state index < -0.39 is 0 Å². The van der Waals surface area contributed by atoms with Gasteiger partial charge in [0.15, 0.2) is 0 Å². The first-order valence-electron chi connectivity index (χ1n) is 5.64. The molecular formula is C14H15NO2S. The molecule has 2 aromatic rings. The van der Waals surface area contributed by atoms with Gasteiger partial charge in [0.1, 0.15) is 5.75 Å². The van der Waals surface area contributed by atoms with Gasteiger partial charge in [-0.25, -0.2) is 0 Å². The van der Waals surface area contributed by atoms with Crippen LogP contribution in [-0.4, -0.2) is 9.67 Å². The molecule has 0 atom stereocenters. The molecule has 0 aliphatic heterocycles. The number of rotatable bonds is 3. The van der Waals surface area contributed by atoms with Gasteiger partial charge in [-0.2, -0.15) is 0 Å². The largest absolute Gasteiger partial charge is 0.508 e. The number of aromatic hydroxyl groups is 1. The highest BCUT2D eigenvalue weighted by Crippen LogP contribution is 2.23. The average molecular weight is 261 g/mol. The summed E-state index contributed by atoms with van der Waals surface area (Å²) in [6.07, 6.45) is 0. The maximum absolute atomic E-state index is 11.5. The lowest BCUT2D eigenvalue weighted by Crippen LogP contribution is -2.16. The molecule has 0 spiro atoms. The summed E-state index contributed by atoms with van der Waals surface area (Å²) in [5, 5.41) is 10.2. The number of aromatic nitrogens is 1. The van der Waals surface area contributed by atoms with Crippen LogP contribution in [0.2, 0.25) is 0 Å². The van der Waals surface area contributed by atoms with E-state index in [9.17, 15) is 9.90 Å². The molecule has 0 amide bonds. The summed E-state index contributed by atoms with van der Waals surface area (Å²) < 4.78 is 1.54. The lowest BCUT2D eigenvalue weighted by molar-refractivity contribution is 0.468. The van der Waals surface area contributed by atoms with Crippen molar-refractivity contribution in [3.8, 4) is 5.75 Å². The van der Waals surface area contributed by atoms with Crippen molar-refractivity contribution >= 4 is 11.8 Å². The molecule has 0 unspecified atom stereocenters. The van der Waals surface area contributed by atoms with E-state index in [1.54, 1.807) is 17.7 Å². The summed E-state index contributed by atoms with van der Waals surface area (Å²) in [6, 6.07) is 11.1. The monoisotopic (exact) mass is 261 g/mol. The molecule has 3 nitrogen and oxygen atoms in total. The molecule has 1 aromatic carbocycles. The molecule has 0 saturated carbocycles. The number of hydrogen-bond donors (Lipinski definition) is 1. The molecule has 0 aliphatic rings. The third kappa shape index (κ3) is 2.96. The first kappa shape index (κ1) is 12.8. The van der Waals surface area contributed by atoms with Crippen LogP contribution in [0.5, 0.6) is 5.75 Å². The van der Waals surface area contributed by atoms with E-state index in [4.69, 9.17) is 0 Å². The van der Waals surface area contributed by atoms with Gasteiger partial charge in [0.05, 0.1) is 5.03 Å². The summed E-state index contributed by atoms with van der Waals surface area (Å²) in [7, 11) is 1.71. The Morgan fingerprint density at radius 2 is 1.89 bits per heavy atom. The van der Waals surface area contributed by atoms with Crippen LogP contribution >= 0.6 is 11.8 Å². The SMILES string of the molecule is Cc1ccc(CSc2cc(O)cc(=O)n2C)cc1. The Morgan fingerprint density at radius 1 is 1.22 bits per heavy atom. The fraction of sp³-hybridized carbons (Fsp3) is 0.214. The molecule has 1 aromatic heterocycles. The Bertz CT molecular complexity index is 602. The second-order valence-corrected chi connectivity index (χ2v) is 5.22. The minimum absolute atomic E-state index is 0.0181. The van der Waals surface area contributed by atoms with Gasteiger partial charge in [0.25, 0.3) is 5.56 Å². The Labute approximate surface area is 110 Å². The topological polar surface area (TPSA) is 42.2 Å². The van der Waals surface area contributed by atoms with E-state index in [2.05, 4.69) is 31.2 Å². The Kier molecular flexibility index (Phi) is 3.77. The summed E-state index contributed by atoms with van der Waals surface area (Å²) in [6.45, 7) is 2.05. The van der Waals surface area contributed by atoms with E-state index in [-0.39, 0.29) is 11.3 Å². The van der Waals surface area contributed by atoms with E-state index in [1.807, 2.05) is 0 Å². The zero-order chi connectivity index (χ0) is 13.1. The molecule has 2 rings (SSSR count). The summed E-state index contributed by atoms with van der Waals surface area (Å²) >= 11 is 1.54. The van der Waals surface area contributed by atoms with Crippen molar-refractivity contribution < 1.29 is 5.11 Å². The maximum atomic E-state index is 11.5. The first-order chi connectivity index (χ1) is 8.56. The average Bonchev–Trinajstić information content (AvgIpc) is 2.34. The summed E-state index contributed by atoms with van der Waals surface area (Å²) in [5.74, 6) is 0.793. The number of thioether (sulfide) groups is 1. The number of pyridine rings is 1. The molecule has 1 N–H and O–H groups in total. The van der Waals surface area contributed by atoms with Gasteiger partial charge in [-0.1, -0.05) is 29.8 Å². The normalized spacial score (nSPS) is 10.6. The zero-order valence-electron chi connectivity index (χ0n) is 10.4. The van der Waals surface area contributed by atoms with Crippen molar-refractivity contribution in [3.05, 3.63) is 57.9 Å². The fourth-order valence-corrected chi connectivity index (χ4v) is 2.57. The Balaban J connectivity index is 2.15. The van der Waals surface area contributed by atoms with Gasteiger partial charge in [-0.3, -0.25) is 4.79 Å². The van der Waals surface area contributed by atoms with Crippen molar-refractivity contribution in [1.82, 2.24) is 4.57 Å². The number of nitrogens with zero attached hydrogens (tertiary/aromatic N) is 1. The molecule has 18 heavy (non-hydrogen) atoms. The number of aryl methyl sites for hydroxylation is 1. The number of benzene rings is 1. The fourth-order valence-electron chi connectivity index (χ4n) is 1.58. The lowest BCUT2D eigenvalue weighted by atomic mass is 10.2. The predicted octanol–water partition coefficient (Wildman–Crippen LogP) is 2.69. The standard InChI is InChI=1S/C14H15NO2S/c1-10-3-5-11(6-4-10)9-18-14-8-12(16)7-13(17)15(14)2/h3-8,16H,9H2,1-2H3. The summed E-state index contributed by atoms with van der Waals surface area (Å²) in [5.41, 5.74) is 2.23. The molecule has 4 heteroatoms. The lowest BCUT2D eigenvalue weighted by Gasteiger charge is -2.08. The Hall–Kier alpha value is -1.68. The van der Waals surface area contributed by atoms with Crippen molar-refractivity contribution in [2.75, 3.05) is 0 Å². The van der Waals surface area contributed by atoms with Gasteiger partial charge in [0.2, 0.25) is 0 Å². The second kappa shape index (κ2) is 5.31. The van der Waals surface area contributed by atoms with Crippen LogP contribution in [0, 0.1) is 6.92 Å². The third-order valence-corrected chi connectivity index (χ3v) is 3.88. The van der Waals surface area contributed by atoms with Crippen molar-refractivity contribution in [1.29, 1.82) is 0 Å². The van der Waals surface area contributed by atoms with Gasteiger partial charge in [-0.05, 0) is 12.5 Å². The van der Waals surface area contributed by atoms with E-state index in [0.29, 0.717) is 0 Å². The quantitative estimate of drug-likeness (QED) is 0.864. The van der Waals surface area contributed by atoms with Crippen LogP contribution in [0.1, 0.15) is 11.1 Å². The van der Waals surface area contributed by atoms with Gasteiger partial charge in [-0.15, -0.1) is 11.8 Å². The van der Waals surface area contributed by atoms with Crippen molar-refractivity contribution in [2.45, 2.75) is 17.7 Å². The highest BCUT2D eigenvalue weighted by Gasteiger charge is 2.04. The molecule has 0 fully saturated rings. The first-order valence-corrected chi connectivity index (χ1v) is 6.63.